The van der Waals surface area contributed by atoms with Crippen LogP contribution in [0.2, 0.25) is 0 Å². The van der Waals surface area contributed by atoms with Crippen molar-refractivity contribution in [2.75, 3.05) is 6.61 Å². The Morgan fingerprint density at radius 1 is 1.00 bits per heavy atom. The third-order valence-electron chi connectivity index (χ3n) is 12.5. The van der Waals surface area contributed by atoms with Crippen molar-refractivity contribution in [2.24, 2.45) is 52.3 Å². The molecule has 4 aliphatic carbocycles. The number of fused-ring (bicyclic) bond motifs is 5. The molecule has 5 heteroatoms. The number of hydrogen-bond donors (Lipinski definition) is 3. The number of aliphatic hydroxyl groups excluding tert-OH is 3. The molecule has 0 unspecified atom stereocenters. The van der Waals surface area contributed by atoms with Crippen molar-refractivity contribution in [3.05, 3.63) is 23.8 Å². The first-order valence-corrected chi connectivity index (χ1v) is 16.2. The van der Waals surface area contributed by atoms with Crippen LogP contribution in [0.15, 0.2) is 23.8 Å². The largest absolute Gasteiger partial charge is 0.388 e. The third-order valence-corrected chi connectivity index (χ3v) is 12.5. The van der Waals surface area contributed by atoms with Crippen LogP contribution in [-0.4, -0.2) is 52.6 Å². The molecule has 0 spiro atoms. The van der Waals surface area contributed by atoms with Gasteiger partial charge in [-0.2, -0.15) is 0 Å². The molecular weight excluding hydrogens is 488 g/mol. The quantitative estimate of drug-likeness (QED) is 0.330. The maximum atomic E-state index is 10.5. The van der Waals surface area contributed by atoms with Gasteiger partial charge in [0, 0.05) is 0 Å². The fourth-order valence-electron chi connectivity index (χ4n) is 10.1. The first kappa shape index (κ1) is 29.8. The van der Waals surface area contributed by atoms with E-state index in [0.29, 0.717) is 29.1 Å². The molecule has 3 saturated carbocycles. The van der Waals surface area contributed by atoms with Crippen LogP contribution >= 0.6 is 0 Å². The Hall–Kier alpha value is -0.720. The number of aliphatic hydroxyl groups is 3. The van der Waals surface area contributed by atoms with Crippen LogP contribution in [0.25, 0.3) is 0 Å². The van der Waals surface area contributed by atoms with Crippen molar-refractivity contribution in [1.29, 1.82) is 0 Å². The van der Waals surface area contributed by atoms with Crippen molar-refractivity contribution in [3.8, 4) is 0 Å². The van der Waals surface area contributed by atoms with Crippen molar-refractivity contribution in [2.45, 2.75) is 130 Å². The number of allylic oxidation sites excluding steroid dienone is 3. The van der Waals surface area contributed by atoms with Gasteiger partial charge < -0.3 is 24.8 Å². The lowest BCUT2D eigenvalue weighted by Crippen LogP contribution is -2.56. The van der Waals surface area contributed by atoms with E-state index in [4.69, 9.17) is 9.47 Å². The minimum Gasteiger partial charge on any atom is -0.388 e. The number of rotatable bonds is 7. The smallest absolute Gasteiger partial charge is 0.186 e. The summed E-state index contributed by atoms with van der Waals surface area (Å²) in [6.45, 7) is 14.6. The SMILES string of the molecule is CC[C@@H](/C=C/[C@H](C)[C@@H]1CC[C@@H]2[C@H]3CC=C4[C@@H](O[C@H]5OC[C@H](O)[C@@H](O)[C@H]5O)CCC[C@]4(C)[C@@H]3CC[C@@]21C)C(C)C. The molecule has 0 amide bonds. The molecule has 4 fully saturated rings. The van der Waals surface area contributed by atoms with E-state index in [2.05, 4.69) is 59.8 Å². The highest BCUT2D eigenvalue weighted by Crippen LogP contribution is 2.67. The molecule has 13 atom stereocenters. The molecule has 1 heterocycles. The average Bonchev–Trinajstić information content (AvgIpc) is 3.26. The topological polar surface area (TPSA) is 79.2 Å². The van der Waals surface area contributed by atoms with Crippen molar-refractivity contribution < 1.29 is 24.8 Å². The zero-order chi connectivity index (χ0) is 28.1. The Morgan fingerprint density at radius 3 is 2.49 bits per heavy atom. The second kappa shape index (κ2) is 11.5. The van der Waals surface area contributed by atoms with Crippen LogP contribution in [0.5, 0.6) is 0 Å². The molecule has 3 N–H and O–H groups in total. The predicted octanol–water partition coefficient (Wildman–Crippen LogP) is 6.26. The van der Waals surface area contributed by atoms with E-state index in [9.17, 15) is 15.3 Å². The van der Waals surface area contributed by atoms with Gasteiger partial charge in [0.05, 0.1) is 12.7 Å². The lowest BCUT2D eigenvalue weighted by Gasteiger charge is -2.59. The summed E-state index contributed by atoms with van der Waals surface area (Å²) in [5, 5.41) is 30.5. The second-order valence-electron chi connectivity index (χ2n) is 14.7. The predicted molar refractivity (Wildman–Crippen MR) is 155 cm³/mol. The van der Waals surface area contributed by atoms with Gasteiger partial charge in [0.25, 0.3) is 0 Å². The Labute approximate surface area is 237 Å². The van der Waals surface area contributed by atoms with E-state index < -0.39 is 24.6 Å². The summed E-state index contributed by atoms with van der Waals surface area (Å²) in [5.74, 6) is 5.02. The standard InChI is InChI=1S/C34H56O5/c1-7-22(20(2)3)11-10-21(4)24-14-15-25-23-12-13-27-29(39-32-31(37)30(36)28(35)19-38-32)9-8-17-33(27,5)26(23)16-18-34(24,25)6/h10-11,13,20-26,28-32,35-37H,7-9,12,14-19H2,1-6H3/b11-10+/t21-,22-,23+,24-,25+,26+,28-,29-,30+,31+,32+,33+,34+/m0/s1. The lowest BCUT2D eigenvalue weighted by molar-refractivity contribution is -0.282. The van der Waals surface area contributed by atoms with E-state index in [0.717, 1.165) is 37.0 Å². The summed E-state index contributed by atoms with van der Waals surface area (Å²) in [5.41, 5.74) is 1.95. The highest BCUT2D eigenvalue weighted by molar-refractivity contribution is 5.28. The van der Waals surface area contributed by atoms with E-state index in [1.54, 1.807) is 0 Å². The molecule has 222 valence electrons. The number of hydrogen-bond acceptors (Lipinski definition) is 5. The van der Waals surface area contributed by atoms with Crippen molar-refractivity contribution >= 4 is 0 Å². The third kappa shape index (κ3) is 5.22. The molecule has 0 aromatic rings. The second-order valence-corrected chi connectivity index (χ2v) is 14.7. The van der Waals surface area contributed by atoms with Crippen molar-refractivity contribution in [1.82, 2.24) is 0 Å². The first-order valence-electron chi connectivity index (χ1n) is 16.2. The van der Waals surface area contributed by atoms with E-state index in [1.165, 1.54) is 44.1 Å². The van der Waals surface area contributed by atoms with Gasteiger partial charge in [-0.1, -0.05) is 59.8 Å². The monoisotopic (exact) mass is 544 g/mol. The summed E-state index contributed by atoms with van der Waals surface area (Å²) in [4.78, 5) is 0. The summed E-state index contributed by atoms with van der Waals surface area (Å²) >= 11 is 0. The van der Waals surface area contributed by atoms with Crippen molar-refractivity contribution in [3.63, 3.8) is 0 Å². The summed E-state index contributed by atoms with van der Waals surface area (Å²) in [6.07, 6.45) is 14.0. The van der Waals surface area contributed by atoms with E-state index in [-0.39, 0.29) is 18.1 Å². The molecule has 39 heavy (non-hydrogen) atoms. The molecule has 1 saturated heterocycles. The van der Waals surface area contributed by atoms with Gasteiger partial charge in [-0.15, -0.1) is 0 Å². The first-order chi connectivity index (χ1) is 18.5. The van der Waals surface area contributed by atoms with Crippen LogP contribution in [0.3, 0.4) is 0 Å². The van der Waals surface area contributed by atoms with Crippen LogP contribution < -0.4 is 0 Å². The van der Waals surface area contributed by atoms with Crippen LogP contribution in [0.4, 0.5) is 0 Å². The summed E-state index contributed by atoms with van der Waals surface area (Å²) in [6, 6.07) is 0. The van der Waals surface area contributed by atoms with Crippen LogP contribution in [0.1, 0.15) is 99.3 Å². The van der Waals surface area contributed by atoms with Gasteiger partial charge in [-0.25, -0.2) is 0 Å². The number of ether oxygens (including phenoxy) is 2. The Morgan fingerprint density at radius 2 is 1.77 bits per heavy atom. The normalized spacial score (nSPS) is 47.8. The fraction of sp³-hybridized carbons (Fsp3) is 0.882. The zero-order valence-corrected chi connectivity index (χ0v) is 25.4. The Kier molecular flexibility index (Phi) is 8.79. The lowest BCUT2D eigenvalue weighted by atomic mass is 9.47. The molecule has 0 radical (unpaired) electrons. The minimum absolute atomic E-state index is 0.0117. The highest BCUT2D eigenvalue weighted by Gasteiger charge is 2.59. The van der Waals surface area contributed by atoms with Gasteiger partial charge in [0.15, 0.2) is 6.29 Å². The fourth-order valence-corrected chi connectivity index (χ4v) is 10.1. The average molecular weight is 545 g/mol. The Bertz CT molecular complexity index is 913. The van der Waals surface area contributed by atoms with Crippen LogP contribution in [-0.2, 0) is 9.47 Å². The molecule has 0 aromatic heterocycles. The van der Waals surface area contributed by atoms with E-state index >= 15 is 0 Å². The minimum atomic E-state index is -1.23. The molecule has 1 aliphatic heterocycles. The molecule has 0 bridgehead atoms. The van der Waals surface area contributed by atoms with Crippen LogP contribution in [0, 0.1) is 52.3 Å². The maximum absolute atomic E-state index is 10.5. The molecule has 5 aliphatic rings. The van der Waals surface area contributed by atoms with Gasteiger partial charge >= 0.3 is 0 Å². The molecular formula is C34H56O5. The summed E-state index contributed by atoms with van der Waals surface area (Å²) < 4.78 is 12.0. The zero-order valence-electron chi connectivity index (χ0n) is 25.4. The Balaban J connectivity index is 1.31. The van der Waals surface area contributed by atoms with Gasteiger partial charge in [0.2, 0.25) is 0 Å². The summed E-state index contributed by atoms with van der Waals surface area (Å²) in [7, 11) is 0. The molecule has 0 aromatic carbocycles. The highest BCUT2D eigenvalue weighted by atomic mass is 16.7. The van der Waals surface area contributed by atoms with E-state index in [1.807, 2.05) is 0 Å². The van der Waals surface area contributed by atoms with Gasteiger partial charge in [-0.3, -0.25) is 0 Å². The van der Waals surface area contributed by atoms with Gasteiger partial charge in [0.1, 0.15) is 18.3 Å². The molecule has 5 nitrogen and oxygen atoms in total. The maximum Gasteiger partial charge on any atom is 0.186 e. The molecule has 5 rings (SSSR count). The van der Waals surface area contributed by atoms with Gasteiger partial charge in [-0.05, 0) is 116 Å².